The molecule has 8 heteroatoms. The average molecular weight is 452 g/mol. The Balaban J connectivity index is 1.66. The van der Waals surface area contributed by atoms with Crippen LogP contribution in [-0.4, -0.2) is 47.8 Å². The topological polar surface area (TPSA) is 52.6 Å². The fourth-order valence-corrected chi connectivity index (χ4v) is 4.16. The summed E-state index contributed by atoms with van der Waals surface area (Å²) in [5.41, 5.74) is -1.64. The maximum Gasteiger partial charge on any atom is 0.416 e. The van der Waals surface area contributed by atoms with Crippen LogP contribution in [0.15, 0.2) is 54.6 Å². The van der Waals surface area contributed by atoms with Crippen molar-refractivity contribution >= 4 is 5.78 Å². The van der Waals surface area contributed by atoms with Crippen LogP contribution in [0.25, 0.3) is 0 Å². The first kappa shape index (κ1) is 24.4. The minimum atomic E-state index is -4.48. The van der Waals surface area contributed by atoms with E-state index in [1.807, 2.05) is 11.8 Å². The molecule has 4 nitrogen and oxygen atoms in total. The summed E-state index contributed by atoms with van der Waals surface area (Å²) in [5.74, 6) is -0.578. The van der Waals surface area contributed by atoms with Gasteiger partial charge in [-0.3, -0.25) is 9.69 Å². The summed E-state index contributed by atoms with van der Waals surface area (Å²) in [6.45, 7) is 3.15. The summed E-state index contributed by atoms with van der Waals surface area (Å²) in [6.07, 6.45) is -6.23. The van der Waals surface area contributed by atoms with Gasteiger partial charge in [0, 0.05) is 25.1 Å². The average Bonchev–Trinajstić information content (AvgIpc) is 2.79. The molecule has 0 amide bonds. The molecule has 2 aromatic carbocycles. The van der Waals surface area contributed by atoms with Crippen LogP contribution in [0.3, 0.4) is 0 Å². The van der Waals surface area contributed by atoms with Gasteiger partial charge >= 0.3 is 6.18 Å². The van der Waals surface area contributed by atoms with Gasteiger partial charge in [-0.25, -0.2) is 4.39 Å². The third-order valence-corrected chi connectivity index (χ3v) is 6.01. The fraction of sp³-hybridized carbons (Fsp3) is 0.458. The van der Waals surface area contributed by atoms with E-state index in [1.165, 1.54) is 12.1 Å². The van der Waals surface area contributed by atoms with Crippen molar-refractivity contribution in [2.75, 3.05) is 19.6 Å². The maximum absolute atomic E-state index is 14.8. The van der Waals surface area contributed by atoms with Gasteiger partial charge in [-0.2, -0.15) is 13.2 Å². The summed E-state index contributed by atoms with van der Waals surface area (Å²) in [6, 6.07) is 13.0. The number of nitrogens with zero attached hydrogens (tertiary/aromatic N) is 1. The molecular formula is C24H28F4N2O2. The third kappa shape index (κ3) is 5.74. The molecule has 1 aliphatic heterocycles. The van der Waals surface area contributed by atoms with Crippen LogP contribution >= 0.6 is 0 Å². The lowest BCUT2D eigenvalue weighted by Crippen LogP contribution is -2.53. The Labute approximate surface area is 185 Å². The quantitative estimate of drug-likeness (QED) is 0.456. The molecule has 0 aliphatic carbocycles. The zero-order valence-corrected chi connectivity index (χ0v) is 17.9. The van der Waals surface area contributed by atoms with Crippen molar-refractivity contribution in [3.8, 4) is 0 Å². The molecule has 0 bridgehead atoms. The Kier molecular flexibility index (Phi) is 7.69. The van der Waals surface area contributed by atoms with E-state index in [-0.39, 0.29) is 24.8 Å². The number of likely N-dealkylation sites (tertiary alicyclic amines) is 1. The number of piperidine rings is 1. The fourth-order valence-electron chi connectivity index (χ4n) is 4.16. The third-order valence-electron chi connectivity index (χ3n) is 6.01. The normalized spacial score (nSPS) is 18.8. The molecule has 1 heterocycles. The van der Waals surface area contributed by atoms with E-state index in [9.17, 15) is 27.5 Å². The molecule has 0 saturated carbocycles. The van der Waals surface area contributed by atoms with Gasteiger partial charge < -0.3 is 10.4 Å². The number of hydrogen-bond acceptors (Lipinski definition) is 4. The zero-order valence-electron chi connectivity index (χ0n) is 17.9. The molecule has 1 aliphatic rings. The highest BCUT2D eigenvalue weighted by Crippen LogP contribution is 2.37. The van der Waals surface area contributed by atoms with Gasteiger partial charge in [0.25, 0.3) is 0 Å². The number of benzene rings is 2. The molecule has 1 saturated heterocycles. The summed E-state index contributed by atoms with van der Waals surface area (Å²) in [4.78, 5) is 14.4. The molecule has 2 aromatic rings. The van der Waals surface area contributed by atoms with Crippen molar-refractivity contribution in [1.29, 1.82) is 0 Å². The molecule has 2 atom stereocenters. The summed E-state index contributed by atoms with van der Waals surface area (Å²) >= 11 is 0. The number of alkyl halides is 4. The molecule has 0 radical (unpaired) electrons. The van der Waals surface area contributed by atoms with Gasteiger partial charge in [-0.1, -0.05) is 49.4 Å². The lowest BCUT2D eigenvalue weighted by Gasteiger charge is -2.42. The molecule has 3 rings (SSSR count). The van der Waals surface area contributed by atoms with Crippen molar-refractivity contribution in [3.05, 3.63) is 71.3 Å². The standard InChI is InChI=1S/C24H28F4N2O2/c1-2-29-21(16-20(25)22(31)17-7-4-3-5-8-17)30-13-11-23(32,12-14-30)18-9-6-10-19(15-18)24(26,27)28/h3-10,15,20-21,29,32H,2,11-14,16H2,1H3. The van der Waals surface area contributed by atoms with E-state index >= 15 is 0 Å². The summed E-state index contributed by atoms with van der Waals surface area (Å²) in [5, 5.41) is 14.2. The second-order valence-corrected chi connectivity index (χ2v) is 8.15. The highest BCUT2D eigenvalue weighted by molar-refractivity contribution is 5.99. The summed E-state index contributed by atoms with van der Waals surface area (Å²) in [7, 11) is 0. The van der Waals surface area contributed by atoms with Crippen LogP contribution in [0, 0.1) is 0 Å². The van der Waals surface area contributed by atoms with Crippen LogP contribution in [0.4, 0.5) is 17.6 Å². The first-order valence-corrected chi connectivity index (χ1v) is 10.7. The van der Waals surface area contributed by atoms with E-state index in [4.69, 9.17) is 0 Å². The Bertz CT molecular complexity index is 896. The number of rotatable bonds is 8. The SMILES string of the molecule is CCNC(CC(F)C(=O)c1ccccc1)N1CCC(O)(c2cccc(C(F)(F)F)c2)CC1. The van der Waals surface area contributed by atoms with Crippen molar-refractivity contribution < 1.29 is 27.5 Å². The Morgan fingerprint density at radius 1 is 1.12 bits per heavy atom. The van der Waals surface area contributed by atoms with Gasteiger partial charge in [0.1, 0.15) is 0 Å². The molecule has 2 unspecified atom stereocenters. The van der Waals surface area contributed by atoms with Crippen molar-refractivity contribution in [2.45, 2.75) is 50.3 Å². The van der Waals surface area contributed by atoms with E-state index in [0.29, 0.717) is 25.2 Å². The van der Waals surface area contributed by atoms with Crippen LogP contribution in [0.1, 0.15) is 47.7 Å². The van der Waals surface area contributed by atoms with Crippen LogP contribution in [-0.2, 0) is 11.8 Å². The number of ketones is 1. The lowest BCUT2D eigenvalue weighted by atomic mass is 9.83. The Morgan fingerprint density at radius 2 is 1.78 bits per heavy atom. The van der Waals surface area contributed by atoms with E-state index in [0.717, 1.165) is 12.1 Å². The molecule has 0 spiro atoms. The van der Waals surface area contributed by atoms with Gasteiger partial charge in [-0.15, -0.1) is 0 Å². The number of nitrogens with one attached hydrogen (secondary N) is 1. The molecule has 32 heavy (non-hydrogen) atoms. The predicted octanol–water partition coefficient (Wildman–Crippen LogP) is 4.54. The van der Waals surface area contributed by atoms with E-state index in [2.05, 4.69) is 5.32 Å². The van der Waals surface area contributed by atoms with Crippen molar-refractivity contribution in [2.24, 2.45) is 0 Å². The Morgan fingerprint density at radius 3 is 2.38 bits per heavy atom. The lowest BCUT2D eigenvalue weighted by molar-refractivity contribution is -0.137. The highest BCUT2D eigenvalue weighted by Gasteiger charge is 2.39. The molecular weight excluding hydrogens is 424 g/mol. The molecule has 0 aromatic heterocycles. The van der Waals surface area contributed by atoms with Gasteiger partial charge in [0.2, 0.25) is 0 Å². The van der Waals surface area contributed by atoms with E-state index in [1.54, 1.807) is 30.3 Å². The number of halogens is 4. The van der Waals surface area contributed by atoms with Gasteiger partial charge in [-0.05, 0) is 37.1 Å². The first-order chi connectivity index (χ1) is 15.1. The zero-order chi connectivity index (χ0) is 23.4. The van der Waals surface area contributed by atoms with Gasteiger partial charge in [0.05, 0.1) is 17.3 Å². The first-order valence-electron chi connectivity index (χ1n) is 10.7. The minimum absolute atomic E-state index is 0.0520. The number of hydrogen-bond donors (Lipinski definition) is 2. The second kappa shape index (κ2) is 10.1. The van der Waals surface area contributed by atoms with Crippen LogP contribution in [0.5, 0.6) is 0 Å². The molecule has 174 valence electrons. The number of Topliss-reactive ketones (excluding diaryl/α,β-unsaturated/α-hetero) is 1. The van der Waals surface area contributed by atoms with Crippen LogP contribution in [0.2, 0.25) is 0 Å². The Hall–Kier alpha value is -2.29. The molecule has 2 N–H and O–H groups in total. The largest absolute Gasteiger partial charge is 0.416 e. The smallest absolute Gasteiger partial charge is 0.385 e. The monoisotopic (exact) mass is 452 g/mol. The second-order valence-electron chi connectivity index (χ2n) is 8.15. The van der Waals surface area contributed by atoms with Crippen molar-refractivity contribution in [3.63, 3.8) is 0 Å². The van der Waals surface area contributed by atoms with Crippen LogP contribution < -0.4 is 5.32 Å². The number of aliphatic hydroxyl groups is 1. The number of carbonyl (C=O) groups is 1. The molecule has 1 fully saturated rings. The predicted molar refractivity (Wildman–Crippen MR) is 114 cm³/mol. The highest BCUT2D eigenvalue weighted by atomic mass is 19.4. The maximum atomic E-state index is 14.8. The number of carbonyl (C=O) groups excluding carboxylic acids is 1. The van der Waals surface area contributed by atoms with Gasteiger partial charge in [0.15, 0.2) is 12.0 Å². The summed E-state index contributed by atoms with van der Waals surface area (Å²) < 4.78 is 54.0. The van der Waals surface area contributed by atoms with E-state index < -0.39 is 35.5 Å². The van der Waals surface area contributed by atoms with Crippen molar-refractivity contribution in [1.82, 2.24) is 10.2 Å². The minimum Gasteiger partial charge on any atom is -0.385 e.